The van der Waals surface area contributed by atoms with Crippen molar-refractivity contribution >= 4 is 17.9 Å². The van der Waals surface area contributed by atoms with Gasteiger partial charge in [-0.1, -0.05) is 39.5 Å². The third kappa shape index (κ3) is 5.92. The molecule has 1 aliphatic carbocycles. The molecular weight excluding hydrogens is 384 g/mol. The van der Waals surface area contributed by atoms with Gasteiger partial charge in [-0.25, -0.2) is 14.4 Å². The molecule has 1 aromatic rings. The van der Waals surface area contributed by atoms with Crippen molar-refractivity contribution in [2.75, 3.05) is 0 Å². The van der Waals surface area contributed by atoms with Gasteiger partial charge in [-0.05, 0) is 44.6 Å². The second-order valence-electron chi connectivity index (χ2n) is 7.76. The fraction of sp³-hybridized carbons (Fsp3) is 0.375. The van der Waals surface area contributed by atoms with Crippen LogP contribution in [0.15, 0.2) is 49.1 Å². The van der Waals surface area contributed by atoms with Crippen LogP contribution in [0.3, 0.4) is 0 Å². The van der Waals surface area contributed by atoms with Gasteiger partial charge in [0.15, 0.2) is 11.5 Å². The largest absolute Gasteiger partial charge is 0.423 e. The molecule has 6 heteroatoms. The number of hydrogen-bond acceptors (Lipinski definition) is 6. The maximum absolute atomic E-state index is 12.2. The molecule has 1 fully saturated rings. The number of hydrogen-bond donors (Lipinski definition) is 0. The molecule has 0 bridgehead atoms. The van der Waals surface area contributed by atoms with Gasteiger partial charge in [0.1, 0.15) is 5.75 Å². The maximum Gasteiger partial charge on any atom is 0.338 e. The quantitative estimate of drug-likeness (QED) is 0.355. The number of ether oxygens (including phenoxy) is 3. The standard InChI is InChI=1S/C24H28O6/c1-7-22(25)28-20-12-18(17-10-8-16(6)9-11-17)19(29-23(26)14(2)3)13-21(20)30-24(27)15(4)5/h7,12-13,16-17H,1-2,4,8-11H2,3,5-6H3. The lowest BCUT2D eigenvalue weighted by Crippen LogP contribution is -2.16. The van der Waals surface area contributed by atoms with Crippen molar-refractivity contribution in [3.8, 4) is 17.2 Å². The lowest BCUT2D eigenvalue weighted by Gasteiger charge is -2.28. The molecule has 2 rings (SSSR count). The first-order chi connectivity index (χ1) is 14.1. The highest BCUT2D eigenvalue weighted by atomic mass is 16.6. The van der Waals surface area contributed by atoms with E-state index in [2.05, 4.69) is 26.7 Å². The number of carbonyl (C=O) groups is 3. The van der Waals surface area contributed by atoms with Crippen molar-refractivity contribution in [2.45, 2.75) is 52.4 Å². The topological polar surface area (TPSA) is 78.9 Å². The van der Waals surface area contributed by atoms with Crippen LogP contribution in [0.25, 0.3) is 0 Å². The van der Waals surface area contributed by atoms with Crippen LogP contribution in [0.4, 0.5) is 0 Å². The summed E-state index contributed by atoms with van der Waals surface area (Å²) < 4.78 is 16.2. The first-order valence-electron chi connectivity index (χ1n) is 9.89. The molecule has 6 nitrogen and oxygen atoms in total. The Balaban J connectivity index is 2.56. The Labute approximate surface area is 177 Å². The van der Waals surface area contributed by atoms with Crippen molar-refractivity contribution < 1.29 is 28.6 Å². The Hall–Kier alpha value is -3.15. The Kier molecular flexibility index (Phi) is 7.75. The van der Waals surface area contributed by atoms with E-state index in [0.29, 0.717) is 5.92 Å². The highest BCUT2D eigenvalue weighted by molar-refractivity contribution is 5.91. The van der Waals surface area contributed by atoms with E-state index in [-0.39, 0.29) is 34.3 Å². The zero-order valence-corrected chi connectivity index (χ0v) is 17.8. The van der Waals surface area contributed by atoms with Gasteiger partial charge in [0.05, 0.1) is 0 Å². The molecule has 160 valence electrons. The SMILES string of the molecule is C=CC(=O)Oc1cc(C2CCC(C)CC2)c(OC(=O)C(=C)C)cc1OC(=O)C(=C)C. The smallest absolute Gasteiger partial charge is 0.338 e. The maximum atomic E-state index is 12.2. The number of benzene rings is 1. The van der Waals surface area contributed by atoms with E-state index in [0.717, 1.165) is 37.3 Å². The fourth-order valence-electron chi connectivity index (χ4n) is 3.22. The predicted molar refractivity (Wildman–Crippen MR) is 114 cm³/mol. The van der Waals surface area contributed by atoms with Crippen molar-refractivity contribution in [1.29, 1.82) is 0 Å². The molecule has 0 radical (unpaired) electrons. The molecule has 1 saturated carbocycles. The van der Waals surface area contributed by atoms with Crippen LogP contribution >= 0.6 is 0 Å². The zero-order chi connectivity index (χ0) is 22.4. The van der Waals surface area contributed by atoms with Crippen LogP contribution in [-0.2, 0) is 14.4 Å². The summed E-state index contributed by atoms with van der Waals surface area (Å²) in [5, 5.41) is 0. The minimum absolute atomic E-state index is 0.0457. The van der Waals surface area contributed by atoms with Gasteiger partial charge >= 0.3 is 17.9 Å². The van der Waals surface area contributed by atoms with Crippen molar-refractivity contribution in [3.63, 3.8) is 0 Å². The number of carbonyl (C=O) groups excluding carboxylic acids is 3. The molecule has 0 spiro atoms. The van der Waals surface area contributed by atoms with E-state index in [1.807, 2.05) is 0 Å². The van der Waals surface area contributed by atoms with Crippen LogP contribution in [0.1, 0.15) is 57.9 Å². The first-order valence-corrected chi connectivity index (χ1v) is 9.89. The molecule has 0 N–H and O–H groups in total. The van der Waals surface area contributed by atoms with Crippen LogP contribution < -0.4 is 14.2 Å². The Morgan fingerprint density at radius 3 is 1.87 bits per heavy atom. The van der Waals surface area contributed by atoms with Gasteiger partial charge in [0.25, 0.3) is 0 Å². The predicted octanol–water partition coefficient (Wildman–Crippen LogP) is 5.03. The Bertz CT molecular complexity index is 887. The molecule has 0 atom stereocenters. The third-order valence-electron chi connectivity index (χ3n) is 5.01. The summed E-state index contributed by atoms with van der Waals surface area (Å²) >= 11 is 0. The molecule has 0 saturated heterocycles. The van der Waals surface area contributed by atoms with E-state index in [1.165, 1.54) is 13.0 Å². The Morgan fingerprint density at radius 2 is 1.37 bits per heavy atom. The highest BCUT2D eigenvalue weighted by Gasteiger charge is 2.27. The van der Waals surface area contributed by atoms with Gasteiger partial charge < -0.3 is 14.2 Å². The van der Waals surface area contributed by atoms with Crippen LogP contribution in [0.5, 0.6) is 17.2 Å². The Morgan fingerprint density at radius 1 is 0.867 bits per heavy atom. The summed E-state index contributed by atoms with van der Waals surface area (Å²) in [5.74, 6) is -0.981. The first kappa shape index (κ1) is 23.1. The molecule has 0 heterocycles. The molecule has 0 aromatic heterocycles. The highest BCUT2D eigenvalue weighted by Crippen LogP contribution is 2.44. The van der Waals surface area contributed by atoms with Crippen LogP contribution in [-0.4, -0.2) is 17.9 Å². The minimum Gasteiger partial charge on any atom is -0.423 e. The van der Waals surface area contributed by atoms with Gasteiger partial charge in [0.2, 0.25) is 0 Å². The molecule has 1 aliphatic rings. The lowest BCUT2D eigenvalue weighted by atomic mass is 9.79. The van der Waals surface area contributed by atoms with Gasteiger partial charge in [-0.3, -0.25) is 0 Å². The summed E-state index contributed by atoms with van der Waals surface area (Å²) in [6.07, 6.45) is 4.89. The lowest BCUT2D eigenvalue weighted by molar-refractivity contribution is -0.132. The average Bonchev–Trinajstić information content (AvgIpc) is 2.69. The van der Waals surface area contributed by atoms with Crippen molar-refractivity contribution in [2.24, 2.45) is 5.92 Å². The van der Waals surface area contributed by atoms with Crippen LogP contribution in [0.2, 0.25) is 0 Å². The van der Waals surface area contributed by atoms with E-state index >= 15 is 0 Å². The number of rotatable bonds is 7. The molecule has 30 heavy (non-hydrogen) atoms. The molecular formula is C24H28O6. The summed E-state index contributed by atoms with van der Waals surface area (Å²) in [5.41, 5.74) is 1.13. The molecule has 0 aliphatic heterocycles. The van der Waals surface area contributed by atoms with Gasteiger partial charge in [-0.2, -0.15) is 0 Å². The zero-order valence-electron chi connectivity index (χ0n) is 17.8. The average molecular weight is 412 g/mol. The number of esters is 3. The summed E-state index contributed by atoms with van der Waals surface area (Å²) in [7, 11) is 0. The van der Waals surface area contributed by atoms with E-state index in [9.17, 15) is 14.4 Å². The van der Waals surface area contributed by atoms with Crippen LogP contribution in [0, 0.1) is 5.92 Å². The van der Waals surface area contributed by atoms with Crippen molar-refractivity contribution in [1.82, 2.24) is 0 Å². The van der Waals surface area contributed by atoms with E-state index in [4.69, 9.17) is 14.2 Å². The van der Waals surface area contributed by atoms with E-state index in [1.54, 1.807) is 13.0 Å². The minimum atomic E-state index is -0.697. The second kappa shape index (κ2) is 10.1. The van der Waals surface area contributed by atoms with Gasteiger partial charge in [0, 0.05) is 28.9 Å². The normalized spacial score (nSPS) is 18.1. The summed E-state index contributed by atoms with van der Waals surface area (Å²) in [6.45, 7) is 15.8. The fourth-order valence-corrected chi connectivity index (χ4v) is 3.22. The third-order valence-corrected chi connectivity index (χ3v) is 5.01. The summed E-state index contributed by atoms with van der Waals surface area (Å²) in [6, 6.07) is 3.00. The van der Waals surface area contributed by atoms with Gasteiger partial charge in [-0.15, -0.1) is 0 Å². The van der Waals surface area contributed by atoms with E-state index < -0.39 is 17.9 Å². The molecule has 0 amide bonds. The summed E-state index contributed by atoms with van der Waals surface area (Å²) in [4.78, 5) is 36.1. The molecule has 0 unspecified atom stereocenters. The monoisotopic (exact) mass is 412 g/mol. The molecule has 1 aromatic carbocycles. The second-order valence-corrected chi connectivity index (χ2v) is 7.76. The van der Waals surface area contributed by atoms with Crippen molar-refractivity contribution in [3.05, 3.63) is 54.7 Å².